The number of carboxylic acid groups (broad SMARTS) is 2. The number of carbonyl (C=O) groups is 2. The summed E-state index contributed by atoms with van der Waals surface area (Å²) in [6, 6.07) is 51.2. The van der Waals surface area contributed by atoms with Crippen LogP contribution in [-0.2, 0) is 60.6 Å². The molecule has 8 aromatic rings. The van der Waals surface area contributed by atoms with Crippen molar-refractivity contribution >= 4 is 116 Å². The van der Waals surface area contributed by atoms with Crippen LogP contribution < -0.4 is 54.1 Å². The van der Waals surface area contributed by atoms with Crippen molar-refractivity contribution in [1.82, 2.24) is 16.1 Å². The molecule has 3 aliphatic carbocycles. The van der Waals surface area contributed by atoms with Crippen LogP contribution in [0, 0.1) is 16.7 Å². The molecule has 6 N–H and O–H groups in total. The summed E-state index contributed by atoms with van der Waals surface area (Å²) in [4.78, 5) is 30.8. The predicted octanol–water partition coefficient (Wildman–Crippen LogP) is 11.0. The molecule has 3 saturated carbocycles. The molecule has 2 heterocycles. The zero-order valence-electron chi connectivity index (χ0n) is 57.7. The van der Waals surface area contributed by atoms with Crippen LogP contribution in [0.3, 0.4) is 0 Å². The Kier molecular flexibility index (Phi) is 32.3. The Morgan fingerprint density at radius 1 is 0.629 bits per heavy atom. The van der Waals surface area contributed by atoms with Gasteiger partial charge in [-0.05, 0) is 214 Å². The molecule has 97 heavy (non-hydrogen) atoms. The molecular formula is C78H91Cl2Li2N3O9S3. The minimum Gasteiger partial charge on any atom is -0.792 e. The molecule has 0 spiro atoms. The fraction of sp³-hybridized carbons (Fsp3) is 0.385. The fourth-order valence-electron chi connectivity index (χ4n) is 11.9. The molecular weight excluding hydrogens is 1300 g/mol. The third-order valence-electron chi connectivity index (χ3n) is 17.5. The molecule has 2 atom stereocenters. The van der Waals surface area contributed by atoms with E-state index in [0.29, 0.717) is 28.6 Å². The Labute approximate surface area is 618 Å². The molecule has 506 valence electrons. The Balaban J connectivity index is 0.000000278. The first-order valence-corrected chi connectivity index (χ1v) is 36.6. The maximum absolute atomic E-state index is 12.1. The van der Waals surface area contributed by atoms with E-state index in [1.165, 1.54) is 37.7 Å². The number of nitrogens with zero attached hydrogens (tertiary/aromatic N) is 2. The number of carboxylic acids is 2. The van der Waals surface area contributed by atoms with E-state index in [2.05, 4.69) is 48.3 Å². The first-order valence-electron chi connectivity index (χ1n) is 32.4. The minimum absolute atomic E-state index is 0. The number of hydrogen-bond donors (Lipinski definition) is 3. The summed E-state index contributed by atoms with van der Waals surface area (Å²) in [5.74, 6) is 0.477. The van der Waals surface area contributed by atoms with Gasteiger partial charge in [0, 0.05) is 38.0 Å². The second-order valence-corrected chi connectivity index (χ2v) is 30.7. The minimum atomic E-state index is -3.70. The molecule has 0 unspecified atom stereocenters. The van der Waals surface area contributed by atoms with E-state index in [-0.39, 0.29) is 72.8 Å². The van der Waals surface area contributed by atoms with Crippen LogP contribution in [-0.4, -0.2) is 58.3 Å². The number of pyridine rings is 2. The Bertz CT molecular complexity index is 4050. The van der Waals surface area contributed by atoms with E-state index < -0.39 is 39.4 Å². The van der Waals surface area contributed by atoms with Gasteiger partial charge in [0.1, 0.15) is 6.10 Å². The maximum atomic E-state index is 12.1. The monoisotopic (exact) mass is 1390 g/mol. The van der Waals surface area contributed by atoms with Gasteiger partial charge in [0.05, 0.1) is 39.9 Å². The number of aliphatic carboxylic acids is 2. The van der Waals surface area contributed by atoms with Gasteiger partial charge in [-0.1, -0.05) is 190 Å². The zero-order chi connectivity index (χ0) is 67.7. The molecule has 0 saturated heterocycles. The molecule has 0 aliphatic heterocycles. The number of aromatic nitrogens is 2. The summed E-state index contributed by atoms with van der Waals surface area (Å²) in [5.41, 5.74) is 9.01. The molecule has 0 bridgehead atoms. The number of benzene rings is 6. The summed E-state index contributed by atoms with van der Waals surface area (Å²) in [6.07, 6.45) is 22.5. The van der Waals surface area contributed by atoms with E-state index in [1.54, 1.807) is 13.8 Å². The smallest absolute Gasteiger partial charge is 0.792 e. The van der Waals surface area contributed by atoms with Crippen molar-refractivity contribution in [2.24, 2.45) is 16.7 Å². The van der Waals surface area contributed by atoms with Crippen molar-refractivity contribution in [1.29, 1.82) is 0 Å². The summed E-state index contributed by atoms with van der Waals surface area (Å²) in [7, 11) is -3.70. The molecule has 11 rings (SSSR count). The summed E-state index contributed by atoms with van der Waals surface area (Å²) in [5, 5.41) is 46.2. The van der Waals surface area contributed by atoms with Crippen LogP contribution in [0.2, 0.25) is 10.0 Å². The second-order valence-electron chi connectivity index (χ2n) is 26.7. The van der Waals surface area contributed by atoms with Gasteiger partial charge in [-0.3, -0.25) is 4.18 Å². The Hall–Kier alpha value is -5.18. The van der Waals surface area contributed by atoms with Gasteiger partial charge >= 0.3 is 37.7 Å². The number of rotatable bonds is 24. The molecule has 3 fully saturated rings. The van der Waals surface area contributed by atoms with E-state index in [9.17, 15) is 38.4 Å². The van der Waals surface area contributed by atoms with Gasteiger partial charge < -0.3 is 48.8 Å². The average molecular weight is 1400 g/mol. The summed E-state index contributed by atoms with van der Waals surface area (Å²) in [6.45, 7) is 9.49. The molecule has 12 nitrogen and oxygen atoms in total. The van der Waals surface area contributed by atoms with Crippen LogP contribution in [0.4, 0.5) is 0 Å². The number of halogens is 2. The fourth-order valence-corrected chi connectivity index (χ4v) is 14.8. The molecule has 2 aromatic heterocycles. The number of fused-ring (bicyclic) bond motifs is 2. The number of aliphatic hydroxyl groups is 2. The second kappa shape index (κ2) is 38.0. The van der Waals surface area contributed by atoms with Crippen LogP contribution in [0.15, 0.2) is 158 Å². The molecule has 0 radical (unpaired) electrons. The van der Waals surface area contributed by atoms with Crippen molar-refractivity contribution in [2.45, 2.75) is 153 Å². The number of carbonyl (C=O) groups excluding carboxylic acids is 2. The maximum Gasteiger partial charge on any atom is 1.00 e. The van der Waals surface area contributed by atoms with Gasteiger partial charge in [0.25, 0.3) is 10.1 Å². The standard InChI is InChI=1S/C35H36ClNO3S.C30H30ClNO4S.C7H14.C6H10O2S.2Li.H3N/c1-34(2,40)30-9-4-3-7-25(30)13-17-32(41-23-35(18-19-35)22-33(38)39)27-8-5-6-24(20-27)10-15-29-16-12-26-11-14-28(36)21-31(26)37-29;1-30(2,33)27-10-5-4-8-22(27)14-18-29(36-37(3,34)35)24-9-6-7-21(19-24)11-16-26-17-13-23-12-15-25(31)20-28(23)32-26;1-7-5-3-2-4-6-7;7-5(8)3-6(4-9)1-2-6;;;/h3-12,14-16,20-21,32,40H,13,17-19,22-23H2,1-2H3,(H,38,39);4-13,15-17,19-20,29,33H,14,18H2,1-3H3;7H,2-6H2,1H3;9H,1-4H2,(H,7,8);;;1H3/q;;;;2*+1;/p-2/b15-10+;16-11+;;;;;/t32-;29-;;;;;/m10...../s1. The van der Waals surface area contributed by atoms with Gasteiger partial charge in [0.2, 0.25) is 0 Å². The summed E-state index contributed by atoms with van der Waals surface area (Å²) < 4.78 is 29.7. The Morgan fingerprint density at radius 2 is 1.07 bits per heavy atom. The number of aryl methyl sites for hydroxylation is 2. The van der Waals surface area contributed by atoms with E-state index in [1.807, 2.05) is 171 Å². The topological polar surface area (TPSA) is 226 Å². The van der Waals surface area contributed by atoms with Gasteiger partial charge in [-0.15, -0.1) is 0 Å². The van der Waals surface area contributed by atoms with E-state index in [0.717, 1.165) is 129 Å². The third kappa shape index (κ3) is 27.0. The zero-order valence-corrected chi connectivity index (χ0v) is 61.7. The largest absolute Gasteiger partial charge is 1.00 e. The average Bonchev–Trinajstić information content (AvgIpc) is 1.76. The predicted molar refractivity (Wildman–Crippen MR) is 391 cm³/mol. The SMILES string of the molecule is CC(C)(O)c1ccccc1CC[C@@H](SCC1(CC(=O)[O-])CC1)c1cccc(/C=C/c2ccc3ccc(Cl)cc3n2)c1.CC(C)(O)c1ccccc1CC[C@H](OS(C)(=O)=O)c1cccc(/C=C/c2ccc3ccc(Cl)cc3n2)c1.CC1CCCCC1.O=C([O-])CC1(C[S-])CC1.[Li+].[Li+].[NH4+]. The van der Waals surface area contributed by atoms with Crippen LogP contribution in [0.25, 0.3) is 46.1 Å². The molecule has 19 heteroatoms. The van der Waals surface area contributed by atoms with Gasteiger partial charge in [-0.2, -0.15) is 25.9 Å². The van der Waals surface area contributed by atoms with Crippen LogP contribution in [0.1, 0.15) is 185 Å². The van der Waals surface area contributed by atoms with Gasteiger partial charge in [0.15, 0.2) is 0 Å². The van der Waals surface area contributed by atoms with Crippen molar-refractivity contribution in [3.05, 3.63) is 224 Å². The Morgan fingerprint density at radius 3 is 1.49 bits per heavy atom. The molecule has 0 amide bonds. The van der Waals surface area contributed by atoms with Crippen molar-refractivity contribution in [3.63, 3.8) is 0 Å². The number of quaternary nitrogens is 1. The molecule has 6 aromatic carbocycles. The summed E-state index contributed by atoms with van der Waals surface area (Å²) >= 11 is 18.9. The number of thioether (sulfide) groups is 1. The number of hydrogen-bond acceptors (Lipinski definition) is 13. The van der Waals surface area contributed by atoms with Crippen molar-refractivity contribution in [2.75, 3.05) is 17.8 Å². The third-order valence-corrected chi connectivity index (χ3v) is 20.9. The first kappa shape index (κ1) is 82.5. The van der Waals surface area contributed by atoms with E-state index in [4.69, 9.17) is 45.0 Å². The van der Waals surface area contributed by atoms with Crippen molar-refractivity contribution in [3.8, 4) is 0 Å². The van der Waals surface area contributed by atoms with E-state index >= 15 is 0 Å². The van der Waals surface area contributed by atoms with Crippen molar-refractivity contribution < 1.29 is 80.3 Å². The quantitative estimate of drug-likeness (QED) is 0.0291. The van der Waals surface area contributed by atoms with Gasteiger partial charge in [-0.25, -0.2) is 9.97 Å². The van der Waals surface area contributed by atoms with Crippen LogP contribution in [0.5, 0.6) is 0 Å². The normalized spacial score (nSPS) is 15.4. The van der Waals surface area contributed by atoms with Crippen LogP contribution >= 0.6 is 35.0 Å². The first-order chi connectivity index (χ1) is 44.7. The molecule has 3 aliphatic rings.